The molecule has 150 valence electrons. The van der Waals surface area contributed by atoms with Crippen molar-refractivity contribution < 1.29 is 13.2 Å². The van der Waals surface area contributed by atoms with Crippen molar-refractivity contribution >= 4 is 44.8 Å². The third-order valence-corrected chi connectivity index (χ3v) is 7.26. The van der Waals surface area contributed by atoms with Gasteiger partial charge in [0.1, 0.15) is 0 Å². The second-order valence-corrected chi connectivity index (χ2v) is 9.41. The molecule has 0 unspecified atom stereocenters. The summed E-state index contributed by atoms with van der Waals surface area (Å²) in [6.45, 7) is 2.35. The first-order chi connectivity index (χ1) is 13.3. The Morgan fingerprint density at radius 2 is 1.57 bits per heavy atom. The lowest BCUT2D eigenvalue weighted by molar-refractivity contribution is -0.115. The molecule has 3 rings (SSSR count). The Bertz CT molecular complexity index is 937. The normalized spacial score (nSPS) is 16.1. The monoisotopic (exact) mass is 441 g/mol. The topological polar surface area (TPSA) is 69.7 Å². The average Bonchev–Trinajstić information content (AvgIpc) is 2.66. The fraction of sp³-hybridized carbons (Fsp3) is 0.316. The summed E-state index contributed by atoms with van der Waals surface area (Å²) < 4.78 is 27.0. The van der Waals surface area contributed by atoms with E-state index < -0.39 is 10.0 Å². The van der Waals surface area contributed by atoms with E-state index in [2.05, 4.69) is 10.2 Å². The largest absolute Gasteiger partial charge is 0.326 e. The molecule has 0 bridgehead atoms. The molecule has 9 heteroatoms. The lowest BCUT2D eigenvalue weighted by Gasteiger charge is -2.31. The Balaban J connectivity index is 1.66. The van der Waals surface area contributed by atoms with Crippen molar-refractivity contribution in [1.29, 1.82) is 0 Å². The Hall–Kier alpha value is -1.64. The van der Waals surface area contributed by atoms with Crippen LogP contribution in [-0.4, -0.2) is 56.8 Å². The van der Waals surface area contributed by atoms with Crippen LogP contribution < -0.4 is 5.32 Å². The fourth-order valence-corrected chi connectivity index (χ4v) is 4.91. The molecule has 1 aliphatic rings. The van der Waals surface area contributed by atoms with Gasteiger partial charge in [-0.15, -0.1) is 0 Å². The Labute approximate surface area is 175 Å². The second kappa shape index (κ2) is 8.80. The second-order valence-electron chi connectivity index (χ2n) is 6.66. The van der Waals surface area contributed by atoms with Crippen LogP contribution in [0.25, 0.3) is 0 Å². The van der Waals surface area contributed by atoms with Crippen LogP contribution in [0.5, 0.6) is 0 Å². The highest BCUT2D eigenvalue weighted by atomic mass is 35.5. The maximum absolute atomic E-state index is 12.7. The van der Waals surface area contributed by atoms with Gasteiger partial charge in [0.05, 0.1) is 11.3 Å². The lowest BCUT2D eigenvalue weighted by atomic mass is 10.1. The van der Waals surface area contributed by atoms with E-state index in [1.165, 1.54) is 16.4 Å². The van der Waals surface area contributed by atoms with Crippen LogP contribution >= 0.6 is 23.2 Å². The van der Waals surface area contributed by atoms with E-state index in [-0.39, 0.29) is 17.2 Å². The van der Waals surface area contributed by atoms with Crippen LogP contribution in [0.2, 0.25) is 10.0 Å². The van der Waals surface area contributed by atoms with Gasteiger partial charge in [-0.3, -0.25) is 4.79 Å². The van der Waals surface area contributed by atoms with Crippen molar-refractivity contribution in [2.24, 2.45) is 0 Å². The van der Waals surface area contributed by atoms with E-state index in [1.54, 1.807) is 30.3 Å². The molecule has 2 aromatic rings. The molecule has 2 aromatic carbocycles. The van der Waals surface area contributed by atoms with Gasteiger partial charge in [0.2, 0.25) is 15.9 Å². The molecule has 0 aliphatic carbocycles. The first-order valence-corrected chi connectivity index (χ1v) is 11.0. The summed E-state index contributed by atoms with van der Waals surface area (Å²) in [5.41, 5.74) is 1.06. The third-order valence-electron chi connectivity index (χ3n) is 4.64. The molecule has 1 saturated heterocycles. The van der Waals surface area contributed by atoms with Crippen molar-refractivity contribution in [2.45, 2.75) is 11.3 Å². The van der Waals surface area contributed by atoms with E-state index in [0.717, 1.165) is 0 Å². The van der Waals surface area contributed by atoms with Crippen molar-refractivity contribution in [1.82, 2.24) is 9.21 Å². The molecule has 1 N–H and O–H groups in total. The quantitative estimate of drug-likeness (QED) is 0.773. The summed E-state index contributed by atoms with van der Waals surface area (Å²) in [5, 5.41) is 3.59. The van der Waals surface area contributed by atoms with Crippen LogP contribution in [0.15, 0.2) is 47.4 Å². The summed E-state index contributed by atoms with van der Waals surface area (Å²) in [6, 6.07) is 11.2. The molecule has 0 spiro atoms. The molecule has 0 saturated carbocycles. The zero-order valence-corrected chi connectivity index (χ0v) is 17.7. The third kappa shape index (κ3) is 4.85. The van der Waals surface area contributed by atoms with Gasteiger partial charge in [0.25, 0.3) is 0 Å². The van der Waals surface area contributed by atoms with Gasteiger partial charge < -0.3 is 10.2 Å². The number of amides is 1. The SMILES string of the molecule is CN1CCN(S(=O)(=O)c2ccc(NC(=O)Cc3c(Cl)cccc3Cl)cc2)CC1. The zero-order chi connectivity index (χ0) is 20.3. The van der Waals surface area contributed by atoms with E-state index >= 15 is 0 Å². The minimum atomic E-state index is -3.53. The van der Waals surface area contributed by atoms with Crippen molar-refractivity contribution in [2.75, 3.05) is 38.5 Å². The predicted octanol–water partition coefficient (Wildman–Crippen LogP) is 3.11. The minimum absolute atomic E-state index is 0.0276. The highest BCUT2D eigenvalue weighted by Gasteiger charge is 2.27. The molecule has 1 heterocycles. The molecule has 28 heavy (non-hydrogen) atoms. The van der Waals surface area contributed by atoms with Crippen LogP contribution in [0, 0.1) is 0 Å². The number of hydrogen-bond donors (Lipinski definition) is 1. The van der Waals surface area contributed by atoms with Gasteiger partial charge in [-0.2, -0.15) is 4.31 Å². The molecule has 0 aromatic heterocycles. The summed E-state index contributed by atoms with van der Waals surface area (Å²) in [6.07, 6.45) is 0.0276. The Kier molecular flexibility index (Phi) is 6.62. The molecule has 1 aliphatic heterocycles. The molecule has 6 nitrogen and oxygen atoms in total. The van der Waals surface area contributed by atoms with E-state index in [1.807, 2.05) is 7.05 Å². The number of hydrogen-bond acceptors (Lipinski definition) is 4. The Morgan fingerprint density at radius 3 is 2.14 bits per heavy atom. The number of anilines is 1. The number of sulfonamides is 1. The standard InChI is InChI=1S/C19H21Cl2N3O3S/c1-23-9-11-24(12-10-23)28(26,27)15-7-5-14(6-8-15)22-19(25)13-16-17(20)3-2-4-18(16)21/h2-8H,9-13H2,1H3,(H,22,25). The van der Waals surface area contributed by atoms with Crippen molar-refractivity contribution in [3.63, 3.8) is 0 Å². The van der Waals surface area contributed by atoms with Gasteiger partial charge in [-0.1, -0.05) is 29.3 Å². The number of benzene rings is 2. The van der Waals surface area contributed by atoms with Crippen LogP contribution in [0.3, 0.4) is 0 Å². The smallest absolute Gasteiger partial charge is 0.243 e. The van der Waals surface area contributed by atoms with Crippen LogP contribution in [-0.2, 0) is 21.2 Å². The molecule has 1 fully saturated rings. The van der Waals surface area contributed by atoms with E-state index in [9.17, 15) is 13.2 Å². The number of halogens is 2. The predicted molar refractivity (Wildman–Crippen MR) is 111 cm³/mol. The van der Waals surface area contributed by atoms with E-state index in [4.69, 9.17) is 23.2 Å². The number of piperazine rings is 1. The van der Waals surface area contributed by atoms with Gasteiger partial charge in [0, 0.05) is 41.9 Å². The minimum Gasteiger partial charge on any atom is -0.326 e. The van der Waals surface area contributed by atoms with Gasteiger partial charge in [-0.05, 0) is 49.0 Å². The highest BCUT2D eigenvalue weighted by molar-refractivity contribution is 7.89. The summed E-state index contributed by atoms with van der Waals surface area (Å²) in [5.74, 6) is -0.287. The molecule has 1 amide bonds. The molecule has 0 atom stereocenters. The van der Waals surface area contributed by atoms with Gasteiger partial charge >= 0.3 is 0 Å². The van der Waals surface area contributed by atoms with Crippen molar-refractivity contribution in [3.8, 4) is 0 Å². The molecular weight excluding hydrogens is 421 g/mol. The first-order valence-electron chi connectivity index (χ1n) is 8.79. The van der Waals surface area contributed by atoms with Gasteiger partial charge in [-0.25, -0.2) is 8.42 Å². The van der Waals surface area contributed by atoms with E-state index in [0.29, 0.717) is 47.5 Å². The van der Waals surface area contributed by atoms with Crippen LogP contribution in [0.4, 0.5) is 5.69 Å². The maximum Gasteiger partial charge on any atom is 0.243 e. The molecule has 0 radical (unpaired) electrons. The lowest BCUT2D eigenvalue weighted by Crippen LogP contribution is -2.46. The average molecular weight is 442 g/mol. The fourth-order valence-electron chi connectivity index (χ4n) is 2.95. The number of likely N-dealkylation sites (N-methyl/N-ethyl adjacent to an activating group) is 1. The first kappa shape index (κ1) is 21.1. The number of carbonyl (C=O) groups excluding carboxylic acids is 1. The number of carbonyl (C=O) groups is 1. The highest BCUT2D eigenvalue weighted by Crippen LogP contribution is 2.25. The Morgan fingerprint density at radius 1 is 1.00 bits per heavy atom. The van der Waals surface area contributed by atoms with Crippen molar-refractivity contribution in [3.05, 3.63) is 58.1 Å². The molecular formula is C19H21Cl2N3O3S. The maximum atomic E-state index is 12.7. The number of nitrogens with zero attached hydrogens (tertiary/aromatic N) is 2. The number of nitrogens with one attached hydrogen (secondary N) is 1. The zero-order valence-electron chi connectivity index (χ0n) is 15.4. The summed E-state index contributed by atoms with van der Waals surface area (Å²) in [4.78, 5) is 14.6. The summed E-state index contributed by atoms with van der Waals surface area (Å²) in [7, 11) is -1.56. The number of rotatable bonds is 5. The van der Waals surface area contributed by atoms with Gasteiger partial charge in [0.15, 0.2) is 0 Å². The summed E-state index contributed by atoms with van der Waals surface area (Å²) >= 11 is 12.2. The van der Waals surface area contributed by atoms with Crippen LogP contribution in [0.1, 0.15) is 5.56 Å².